The molecule has 0 bridgehead atoms. The fraction of sp³-hybridized carbons (Fsp3) is 0.600. The van der Waals surface area contributed by atoms with Crippen LogP contribution in [0.15, 0.2) is 28.7 Å². The second-order valence-electron chi connectivity index (χ2n) is 5.35. The Morgan fingerprint density at radius 1 is 1.16 bits per heavy atom. The Balaban J connectivity index is 1.49. The summed E-state index contributed by atoms with van der Waals surface area (Å²) in [7, 11) is 0. The van der Waals surface area contributed by atoms with E-state index >= 15 is 0 Å². The van der Waals surface area contributed by atoms with Crippen molar-refractivity contribution < 1.29 is 9.47 Å². The quantitative estimate of drug-likeness (QED) is 0.925. The van der Waals surface area contributed by atoms with Gasteiger partial charge >= 0.3 is 0 Å². The van der Waals surface area contributed by atoms with E-state index in [1.807, 2.05) is 6.07 Å². The summed E-state index contributed by atoms with van der Waals surface area (Å²) >= 11 is 3.59. The summed E-state index contributed by atoms with van der Waals surface area (Å²) in [4.78, 5) is 0. The molecule has 0 unspecified atom stereocenters. The lowest BCUT2D eigenvalue weighted by atomic mass is 9.90. The van der Waals surface area contributed by atoms with E-state index < -0.39 is 0 Å². The summed E-state index contributed by atoms with van der Waals surface area (Å²) in [5, 5.41) is 3.64. The highest BCUT2D eigenvalue weighted by Crippen LogP contribution is 2.35. The monoisotopic (exact) mass is 325 g/mol. The molecule has 3 rings (SSSR count). The maximum absolute atomic E-state index is 5.75. The minimum Gasteiger partial charge on any atom is -0.348 e. The van der Waals surface area contributed by atoms with E-state index in [4.69, 9.17) is 9.47 Å². The van der Waals surface area contributed by atoms with Gasteiger partial charge in [0.15, 0.2) is 5.79 Å². The first-order chi connectivity index (χ1) is 9.27. The van der Waals surface area contributed by atoms with Gasteiger partial charge in [-0.3, -0.25) is 0 Å². The van der Waals surface area contributed by atoms with Crippen molar-refractivity contribution in [2.24, 2.45) is 0 Å². The smallest absolute Gasteiger partial charge is 0.168 e. The van der Waals surface area contributed by atoms with Crippen LogP contribution in [0.1, 0.15) is 31.2 Å². The molecule has 4 heteroatoms. The maximum atomic E-state index is 5.75. The van der Waals surface area contributed by atoms with E-state index in [0.29, 0.717) is 6.04 Å². The van der Waals surface area contributed by atoms with Crippen molar-refractivity contribution in [1.82, 2.24) is 5.32 Å². The average Bonchev–Trinajstić information content (AvgIpc) is 2.88. The van der Waals surface area contributed by atoms with Crippen LogP contribution in [-0.2, 0) is 16.0 Å². The first-order valence-electron chi connectivity index (χ1n) is 7.02. The molecule has 0 amide bonds. The fourth-order valence-electron chi connectivity index (χ4n) is 2.94. The maximum Gasteiger partial charge on any atom is 0.168 e. The second kappa shape index (κ2) is 5.92. The van der Waals surface area contributed by atoms with E-state index in [1.165, 1.54) is 10.0 Å². The predicted octanol–water partition coefficient (Wildman–Crippen LogP) is 3.22. The van der Waals surface area contributed by atoms with Crippen molar-refractivity contribution >= 4 is 15.9 Å². The standard InChI is InChI=1S/C15H20BrNO2/c16-14-4-2-1-3-12(14)11-17-13-5-7-15(8-6-13)18-9-10-19-15/h1-4,13,17H,5-11H2. The van der Waals surface area contributed by atoms with Gasteiger partial charge in [0.25, 0.3) is 0 Å². The fourth-order valence-corrected chi connectivity index (χ4v) is 3.37. The highest BCUT2D eigenvalue weighted by atomic mass is 79.9. The molecule has 104 valence electrons. The molecule has 1 aliphatic heterocycles. The van der Waals surface area contributed by atoms with Crippen LogP contribution in [0.2, 0.25) is 0 Å². The van der Waals surface area contributed by atoms with E-state index in [9.17, 15) is 0 Å². The second-order valence-corrected chi connectivity index (χ2v) is 6.21. The summed E-state index contributed by atoms with van der Waals surface area (Å²) in [5.74, 6) is -0.245. The van der Waals surface area contributed by atoms with Crippen LogP contribution in [-0.4, -0.2) is 25.0 Å². The lowest BCUT2D eigenvalue weighted by molar-refractivity contribution is -0.179. The third kappa shape index (κ3) is 3.19. The van der Waals surface area contributed by atoms with Crippen molar-refractivity contribution in [3.63, 3.8) is 0 Å². The van der Waals surface area contributed by atoms with E-state index in [2.05, 4.69) is 39.4 Å². The van der Waals surface area contributed by atoms with Gasteiger partial charge in [-0.15, -0.1) is 0 Å². The van der Waals surface area contributed by atoms with Gasteiger partial charge in [0.2, 0.25) is 0 Å². The SMILES string of the molecule is Brc1ccccc1CNC1CCC2(CC1)OCCO2. The Morgan fingerprint density at radius 2 is 1.84 bits per heavy atom. The first-order valence-corrected chi connectivity index (χ1v) is 7.81. The Hall–Kier alpha value is -0.420. The molecule has 1 aliphatic carbocycles. The Bertz CT molecular complexity index is 422. The van der Waals surface area contributed by atoms with Crippen molar-refractivity contribution in [3.8, 4) is 0 Å². The molecule has 19 heavy (non-hydrogen) atoms. The van der Waals surface area contributed by atoms with Crippen LogP contribution in [0.25, 0.3) is 0 Å². The van der Waals surface area contributed by atoms with Crippen LogP contribution < -0.4 is 5.32 Å². The number of nitrogens with one attached hydrogen (secondary N) is 1. The molecule has 0 aromatic heterocycles. The molecule has 3 nitrogen and oxygen atoms in total. The molecule has 1 aromatic rings. The van der Waals surface area contributed by atoms with E-state index in [0.717, 1.165) is 45.4 Å². The summed E-state index contributed by atoms with van der Waals surface area (Å²) in [5.41, 5.74) is 1.32. The van der Waals surface area contributed by atoms with Crippen molar-refractivity contribution in [1.29, 1.82) is 0 Å². The highest BCUT2D eigenvalue weighted by Gasteiger charge is 2.40. The Kier molecular flexibility index (Phi) is 4.22. The largest absolute Gasteiger partial charge is 0.348 e. The Labute approximate surface area is 122 Å². The van der Waals surface area contributed by atoms with Gasteiger partial charge in [0, 0.05) is 29.9 Å². The van der Waals surface area contributed by atoms with Crippen molar-refractivity contribution in [2.75, 3.05) is 13.2 Å². The van der Waals surface area contributed by atoms with Gasteiger partial charge < -0.3 is 14.8 Å². The summed E-state index contributed by atoms with van der Waals surface area (Å²) < 4.78 is 12.7. The van der Waals surface area contributed by atoms with Gasteiger partial charge in [-0.2, -0.15) is 0 Å². The van der Waals surface area contributed by atoms with Crippen LogP contribution in [0.3, 0.4) is 0 Å². The lowest BCUT2D eigenvalue weighted by Crippen LogP contribution is -2.41. The third-order valence-corrected chi connectivity index (χ3v) is 4.87. The molecule has 2 aliphatic rings. The molecule has 1 heterocycles. The first kappa shape index (κ1) is 13.6. The number of benzene rings is 1. The number of hydrogen-bond donors (Lipinski definition) is 1. The molecule has 1 N–H and O–H groups in total. The molecule has 0 atom stereocenters. The van der Waals surface area contributed by atoms with Gasteiger partial charge in [0.1, 0.15) is 0 Å². The Morgan fingerprint density at radius 3 is 2.53 bits per heavy atom. The number of hydrogen-bond acceptors (Lipinski definition) is 3. The van der Waals surface area contributed by atoms with E-state index in [1.54, 1.807) is 0 Å². The zero-order valence-corrected chi connectivity index (χ0v) is 12.6. The number of rotatable bonds is 3. The van der Waals surface area contributed by atoms with Gasteiger partial charge in [-0.1, -0.05) is 34.1 Å². The summed E-state index contributed by atoms with van der Waals surface area (Å²) in [6.07, 6.45) is 4.29. The third-order valence-electron chi connectivity index (χ3n) is 4.10. The molecule has 1 spiro atoms. The minimum atomic E-state index is -0.245. The van der Waals surface area contributed by atoms with Gasteiger partial charge in [-0.25, -0.2) is 0 Å². The topological polar surface area (TPSA) is 30.5 Å². The van der Waals surface area contributed by atoms with Crippen LogP contribution in [0.4, 0.5) is 0 Å². The zero-order chi connectivity index (χ0) is 13.1. The molecule has 2 fully saturated rings. The van der Waals surface area contributed by atoms with Gasteiger partial charge in [0.05, 0.1) is 13.2 Å². The normalized spacial score (nSPS) is 23.0. The van der Waals surface area contributed by atoms with Crippen molar-refractivity contribution in [3.05, 3.63) is 34.3 Å². The predicted molar refractivity (Wildman–Crippen MR) is 77.9 cm³/mol. The van der Waals surface area contributed by atoms with E-state index in [-0.39, 0.29) is 5.79 Å². The molecule has 1 saturated heterocycles. The summed E-state index contributed by atoms with van der Waals surface area (Å²) in [6.45, 7) is 2.44. The molecular weight excluding hydrogens is 306 g/mol. The highest BCUT2D eigenvalue weighted by molar-refractivity contribution is 9.10. The molecule has 1 aromatic carbocycles. The minimum absolute atomic E-state index is 0.245. The molecule has 0 radical (unpaired) electrons. The van der Waals surface area contributed by atoms with Gasteiger partial charge in [-0.05, 0) is 24.5 Å². The van der Waals surface area contributed by atoms with Crippen LogP contribution in [0.5, 0.6) is 0 Å². The average molecular weight is 326 g/mol. The number of ether oxygens (including phenoxy) is 2. The number of halogens is 1. The summed E-state index contributed by atoms with van der Waals surface area (Å²) in [6, 6.07) is 8.95. The molecule has 1 saturated carbocycles. The van der Waals surface area contributed by atoms with Crippen LogP contribution >= 0.6 is 15.9 Å². The van der Waals surface area contributed by atoms with Crippen molar-refractivity contribution in [2.45, 2.75) is 44.1 Å². The van der Waals surface area contributed by atoms with Crippen LogP contribution in [0, 0.1) is 0 Å². The molecular formula is C15H20BrNO2. The zero-order valence-electron chi connectivity index (χ0n) is 11.0. The lowest BCUT2D eigenvalue weighted by Gasteiger charge is -2.35.